The van der Waals surface area contributed by atoms with Gasteiger partial charge in [0.05, 0.1) is 30.8 Å². The molecule has 8 heteroatoms. The summed E-state index contributed by atoms with van der Waals surface area (Å²) in [5.41, 5.74) is 1.55. The molecular weight excluding hydrogens is 478 g/mol. The molecule has 1 saturated heterocycles. The van der Waals surface area contributed by atoms with E-state index in [0.717, 1.165) is 29.0 Å². The van der Waals surface area contributed by atoms with Gasteiger partial charge in [-0.2, -0.15) is 0 Å². The van der Waals surface area contributed by atoms with Crippen LogP contribution in [-0.4, -0.2) is 52.8 Å². The molecule has 2 heterocycles. The van der Waals surface area contributed by atoms with Gasteiger partial charge in [-0.3, -0.25) is 14.7 Å². The minimum Gasteiger partial charge on any atom is -0.497 e. The zero-order chi connectivity index (χ0) is 26.4. The maximum absolute atomic E-state index is 13.8. The molecule has 1 aliphatic heterocycles. The van der Waals surface area contributed by atoms with E-state index >= 15 is 0 Å². The number of rotatable bonds is 8. The van der Waals surface area contributed by atoms with Crippen molar-refractivity contribution in [2.75, 3.05) is 26.7 Å². The fourth-order valence-corrected chi connectivity index (χ4v) is 5.07. The van der Waals surface area contributed by atoms with Gasteiger partial charge >= 0.3 is 5.97 Å². The number of nitrogens with zero attached hydrogens (tertiary/aromatic N) is 2. The first-order valence-corrected chi connectivity index (χ1v) is 12.3. The van der Waals surface area contributed by atoms with E-state index in [1.54, 1.807) is 13.3 Å². The fraction of sp³-hybridized carbons (Fsp3) is 0.379. The molecule has 1 aliphatic rings. The molecule has 0 aliphatic carbocycles. The third-order valence-electron chi connectivity index (χ3n) is 7.04. The molecule has 1 aromatic heterocycles. The van der Waals surface area contributed by atoms with Crippen LogP contribution in [0.3, 0.4) is 0 Å². The number of carboxylic acids is 1. The molecule has 0 bridgehead atoms. The zero-order valence-electron chi connectivity index (χ0n) is 20.7. The average molecular weight is 509 g/mol. The summed E-state index contributed by atoms with van der Waals surface area (Å²) in [6.07, 6.45) is 2.93. The van der Waals surface area contributed by atoms with Crippen LogP contribution in [0.15, 0.2) is 48.7 Å². The second kappa shape index (κ2) is 12.1. The van der Waals surface area contributed by atoms with Gasteiger partial charge in [-0.05, 0) is 79.6 Å². The summed E-state index contributed by atoms with van der Waals surface area (Å²) in [4.78, 5) is 18.0. The Morgan fingerprint density at radius 3 is 2.86 bits per heavy atom. The number of aromatic nitrogens is 1. The molecular formula is C29H30F2N2O4. The quantitative estimate of drug-likeness (QED) is 0.426. The maximum atomic E-state index is 13.8. The Morgan fingerprint density at radius 2 is 2.08 bits per heavy atom. The van der Waals surface area contributed by atoms with Crippen LogP contribution in [-0.2, 0) is 4.79 Å². The molecule has 4 rings (SSSR count). The van der Waals surface area contributed by atoms with Gasteiger partial charge in [0.15, 0.2) is 11.6 Å². The highest BCUT2D eigenvalue weighted by molar-refractivity contribution is 5.83. The lowest BCUT2D eigenvalue weighted by Gasteiger charge is -2.37. The van der Waals surface area contributed by atoms with Gasteiger partial charge in [-0.15, -0.1) is 0 Å². The van der Waals surface area contributed by atoms with Gasteiger partial charge in [-0.25, -0.2) is 8.78 Å². The first kappa shape index (κ1) is 26.5. The molecule has 1 fully saturated rings. The SMILES string of the molecule is COc1ccc2nccc([C@@H](O)CC[C@@H]3CCN(CC#Cc4cccc(F)c4F)C[C@@H]3CC(=O)O)c2c1. The molecule has 3 aromatic rings. The average Bonchev–Trinajstić information content (AvgIpc) is 2.89. The number of hydrogen-bond acceptors (Lipinski definition) is 5. The Bertz CT molecular complexity index is 1320. The van der Waals surface area contributed by atoms with Crippen LogP contribution in [0.1, 0.15) is 42.9 Å². The van der Waals surface area contributed by atoms with E-state index in [0.29, 0.717) is 38.2 Å². The number of pyridine rings is 1. The highest BCUT2D eigenvalue weighted by atomic mass is 19.2. The number of fused-ring (bicyclic) bond motifs is 1. The number of halogens is 2. The van der Waals surface area contributed by atoms with Crippen molar-refractivity contribution in [3.8, 4) is 17.6 Å². The van der Waals surface area contributed by atoms with Crippen molar-refractivity contribution in [2.45, 2.75) is 31.8 Å². The number of methoxy groups -OCH3 is 1. The minimum atomic E-state index is -0.962. The molecule has 6 nitrogen and oxygen atoms in total. The lowest BCUT2D eigenvalue weighted by atomic mass is 9.79. The van der Waals surface area contributed by atoms with Crippen molar-refractivity contribution in [1.82, 2.24) is 9.88 Å². The zero-order valence-corrected chi connectivity index (χ0v) is 20.7. The van der Waals surface area contributed by atoms with E-state index in [9.17, 15) is 23.8 Å². The molecule has 0 radical (unpaired) electrons. The van der Waals surface area contributed by atoms with Crippen molar-refractivity contribution in [3.05, 3.63) is 71.4 Å². The molecule has 0 unspecified atom stereocenters. The van der Waals surface area contributed by atoms with Crippen LogP contribution in [0.4, 0.5) is 8.78 Å². The second-order valence-corrected chi connectivity index (χ2v) is 9.42. The first-order chi connectivity index (χ1) is 17.9. The molecule has 0 saturated carbocycles. The minimum absolute atomic E-state index is 0.00668. The number of carbonyl (C=O) groups is 1. The van der Waals surface area contributed by atoms with Gasteiger partial charge in [0.25, 0.3) is 0 Å². The summed E-state index contributed by atoms with van der Waals surface area (Å²) < 4.78 is 32.5. The molecule has 37 heavy (non-hydrogen) atoms. The van der Waals surface area contributed by atoms with Crippen molar-refractivity contribution in [2.24, 2.45) is 11.8 Å². The molecule has 3 atom stereocenters. The standard InChI is InChI=1S/C29H30F2N2O4/c1-37-22-8-9-26-24(17-22)23(11-13-32-26)27(34)10-7-19-12-15-33(18-21(19)16-28(35)36)14-3-5-20-4-2-6-25(30)29(20)31/h2,4,6,8-9,11,13,17,19,21,27,34H,7,10,12,14-16,18H2,1H3,(H,35,36)/t19-,21+,27+/m1/s1. The summed E-state index contributed by atoms with van der Waals surface area (Å²) in [6.45, 7) is 1.60. The van der Waals surface area contributed by atoms with Crippen molar-refractivity contribution >= 4 is 16.9 Å². The van der Waals surface area contributed by atoms with Crippen LogP contribution < -0.4 is 4.74 Å². The number of benzene rings is 2. The number of carboxylic acid groups (broad SMARTS) is 1. The van der Waals surface area contributed by atoms with Crippen molar-refractivity contribution < 1.29 is 28.5 Å². The third kappa shape index (κ3) is 6.62. The molecule has 194 valence electrons. The monoisotopic (exact) mass is 508 g/mol. The van der Waals surface area contributed by atoms with Crippen LogP contribution >= 0.6 is 0 Å². The van der Waals surface area contributed by atoms with Gasteiger partial charge in [0.1, 0.15) is 5.75 Å². The van der Waals surface area contributed by atoms with Crippen LogP contribution in [0.25, 0.3) is 10.9 Å². The summed E-state index contributed by atoms with van der Waals surface area (Å²) in [6, 6.07) is 11.2. The number of aliphatic hydroxyl groups excluding tert-OH is 1. The molecule has 0 amide bonds. The van der Waals surface area contributed by atoms with Crippen LogP contribution in [0.2, 0.25) is 0 Å². The number of hydrogen-bond donors (Lipinski definition) is 2. The lowest BCUT2D eigenvalue weighted by molar-refractivity contribution is -0.139. The molecule has 2 aromatic carbocycles. The van der Waals surface area contributed by atoms with Gasteiger partial charge < -0.3 is 14.9 Å². The van der Waals surface area contributed by atoms with E-state index in [1.807, 2.05) is 29.2 Å². The van der Waals surface area contributed by atoms with Gasteiger partial charge in [0.2, 0.25) is 0 Å². The Labute approximate surface area is 214 Å². The van der Waals surface area contributed by atoms with E-state index in [4.69, 9.17) is 4.74 Å². The summed E-state index contributed by atoms with van der Waals surface area (Å²) in [5.74, 6) is 3.54. The Balaban J connectivity index is 1.40. The van der Waals surface area contributed by atoms with Crippen LogP contribution in [0.5, 0.6) is 5.75 Å². The third-order valence-corrected chi connectivity index (χ3v) is 7.04. The maximum Gasteiger partial charge on any atom is 0.303 e. The van der Waals surface area contributed by atoms with Crippen molar-refractivity contribution in [1.29, 1.82) is 0 Å². The first-order valence-electron chi connectivity index (χ1n) is 12.3. The van der Waals surface area contributed by atoms with Crippen LogP contribution in [0, 0.1) is 35.3 Å². The number of aliphatic hydroxyl groups is 1. The lowest BCUT2D eigenvalue weighted by Crippen LogP contribution is -2.41. The number of aliphatic carboxylic acids is 1. The topological polar surface area (TPSA) is 82.9 Å². The normalized spacial score (nSPS) is 18.7. The largest absolute Gasteiger partial charge is 0.497 e. The van der Waals surface area contributed by atoms with Crippen molar-refractivity contribution in [3.63, 3.8) is 0 Å². The van der Waals surface area contributed by atoms with E-state index in [-0.39, 0.29) is 23.8 Å². The Hall–Kier alpha value is -3.54. The van der Waals surface area contributed by atoms with E-state index < -0.39 is 23.7 Å². The fourth-order valence-electron chi connectivity index (χ4n) is 5.07. The number of likely N-dealkylation sites (tertiary alicyclic amines) is 1. The van der Waals surface area contributed by atoms with E-state index in [2.05, 4.69) is 16.8 Å². The summed E-state index contributed by atoms with van der Waals surface area (Å²) >= 11 is 0. The number of ether oxygens (including phenoxy) is 1. The Kier molecular flexibility index (Phi) is 8.70. The highest BCUT2D eigenvalue weighted by Crippen LogP contribution is 2.34. The van der Waals surface area contributed by atoms with E-state index in [1.165, 1.54) is 12.1 Å². The smallest absolute Gasteiger partial charge is 0.303 e. The highest BCUT2D eigenvalue weighted by Gasteiger charge is 2.31. The molecule has 0 spiro atoms. The summed E-state index contributed by atoms with van der Waals surface area (Å²) in [7, 11) is 1.59. The van der Waals surface area contributed by atoms with Gasteiger partial charge in [-0.1, -0.05) is 17.9 Å². The second-order valence-electron chi connectivity index (χ2n) is 9.42. The number of piperidine rings is 1. The predicted octanol–water partition coefficient (Wildman–Crippen LogP) is 4.80. The molecule has 2 N–H and O–H groups in total. The Morgan fingerprint density at radius 1 is 1.24 bits per heavy atom. The predicted molar refractivity (Wildman–Crippen MR) is 136 cm³/mol. The van der Waals surface area contributed by atoms with Gasteiger partial charge in [0, 0.05) is 24.5 Å². The summed E-state index contributed by atoms with van der Waals surface area (Å²) in [5, 5.41) is 21.3.